The van der Waals surface area contributed by atoms with Crippen LogP contribution in [0, 0.1) is 0 Å². The van der Waals surface area contributed by atoms with E-state index in [-0.39, 0.29) is 31.4 Å². The molecule has 154 valence electrons. The lowest BCUT2D eigenvalue weighted by atomic mass is 10.1. The zero-order valence-electron chi connectivity index (χ0n) is 15.2. The van der Waals surface area contributed by atoms with Crippen LogP contribution in [0.1, 0.15) is 16.7 Å². The van der Waals surface area contributed by atoms with Crippen molar-refractivity contribution >= 4 is 35.0 Å². The van der Waals surface area contributed by atoms with E-state index >= 15 is 0 Å². The number of amides is 2. The molecule has 1 aliphatic rings. The van der Waals surface area contributed by atoms with Crippen molar-refractivity contribution in [1.82, 2.24) is 9.80 Å². The number of hydrogen-bond acceptors (Lipinski definition) is 2. The molecule has 3 rings (SSSR count). The second-order valence-corrected chi connectivity index (χ2v) is 7.59. The van der Waals surface area contributed by atoms with Crippen molar-refractivity contribution in [2.24, 2.45) is 0 Å². The number of halogens is 5. The highest BCUT2D eigenvalue weighted by Crippen LogP contribution is 2.29. The molecule has 0 aliphatic carbocycles. The summed E-state index contributed by atoms with van der Waals surface area (Å²) in [6.07, 6.45) is -3.93. The van der Waals surface area contributed by atoms with Crippen LogP contribution in [-0.2, 0) is 28.7 Å². The molecule has 29 heavy (non-hydrogen) atoms. The summed E-state index contributed by atoms with van der Waals surface area (Å²) >= 11 is 12.0. The second-order valence-electron chi connectivity index (χ2n) is 6.75. The van der Waals surface area contributed by atoms with Crippen molar-refractivity contribution in [3.63, 3.8) is 0 Å². The number of piperazine rings is 1. The maximum absolute atomic E-state index is 12.6. The Morgan fingerprint density at radius 1 is 0.897 bits per heavy atom. The SMILES string of the molecule is O=C1CN(Cc2ccc(C(F)(F)F)cc2)C(=O)CN1CCc1ccc(Cl)cc1Cl. The van der Waals surface area contributed by atoms with E-state index in [0.29, 0.717) is 28.6 Å². The molecule has 0 saturated carbocycles. The summed E-state index contributed by atoms with van der Waals surface area (Å²) in [6.45, 7) is 0.221. The minimum atomic E-state index is -4.41. The third-order valence-electron chi connectivity index (χ3n) is 4.68. The number of carbonyl (C=O) groups is 2. The normalized spacial score (nSPS) is 15.2. The van der Waals surface area contributed by atoms with Crippen LogP contribution in [0.2, 0.25) is 10.0 Å². The molecule has 0 spiro atoms. The Kier molecular flexibility index (Phi) is 6.39. The second kappa shape index (κ2) is 8.63. The number of benzene rings is 2. The predicted octanol–water partition coefficient (Wildman–Crippen LogP) is 4.43. The Morgan fingerprint density at radius 2 is 1.52 bits per heavy atom. The standard InChI is InChI=1S/C20H17Cl2F3N2O2/c21-16-6-3-14(17(22)9-16)7-8-26-11-19(29)27(12-18(26)28)10-13-1-4-15(5-2-13)20(23,24)25/h1-6,9H,7-8,10-12H2. The molecular weight excluding hydrogens is 428 g/mol. The Labute approximate surface area is 175 Å². The maximum atomic E-state index is 12.6. The van der Waals surface area contributed by atoms with E-state index in [4.69, 9.17) is 23.2 Å². The van der Waals surface area contributed by atoms with E-state index in [1.54, 1.807) is 18.2 Å². The summed E-state index contributed by atoms with van der Waals surface area (Å²) in [5.74, 6) is -0.478. The summed E-state index contributed by atoms with van der Waals surface area (Å²) in [6, 6.07) is 9.66. The third kappa shape index (κ3) is 5.42. The first kappa shape index (κ1) is 21.5. The fourth-order valence-corrected chi connectivity index (χ4v) is 3.55. The van der Waals surface area contributed by atoms with E-state index in [9.17, 15) is 22.8 Å². The maximum Gasteiger partial charge on any atom is 0.416 e. The van der Waals surface area contributed by atoms with Crippen molar-refractivity contribution in [3.8, 4) is 0 Å². The molecule has 9 heteroatoms. The topological polar surface area (TPSA) is 40.6 Å². The van der Waals surface area contributed by atoms with Crippen LogP contribution in [0.4, 0.5) is 13.2 Å². The van der Waals surface area contributed by atoms with E-state index < -0.39 is 11.7 Å². The molecule has 1 heterocycles. The molecule has 0 atom stereocenters. The van der Waals surface area contributed by atoms with Crippen molar-refractivity contribution in [2.45, 2.75) is 19.1 Å². The summed E-state index contributed by atoms with van der Waals surface area (Å²) < 4.78 is 37.9. The lowest BCUT2D eigenvalue weighted by Gasteiger charge is -2.34. The Morgan fingerprint density at radius 3 is 2.14 bits per heavy atom. The first-order valence-corrected chi connectivity index (χ1v) is 9.54. The van der Waals surface area contributed by atoms with Gasteiger partial charge in [0.15, 0.2) is 0 Å². The van der Waals surface area contributed by atoms with Gasteiger partial charge in [-0.1, -0.05) is 41.4 Å². The first-order valence-electron chi connectivity index (χ1n) is 8.79. The van der Waals surface area contributed by atoms with Gasteiger partial charge in [-0.2, -0.15) is 13.2 Å². The monoisotopic (exact) mass is 444 g/mol. The van der Waals surface area contributed by atoms with Gasteiger partial charge in [-0.3, -0.25) is 9.59 Å². The Hall–Kier alpha value is -2.25. The van der Waals surface area contributed by atoms with Gasteiger partial charge in [0, 0.05) is 23.1 Å². The van der Waals surface area contributed by atoms with Crippen LogP contribution >= 0.6 is 23.2 Å². The quantitative estimate of drug-likeness (QED) is 0.684. The highest BCUT2D eigenvalue weighted by Gasteiger charge is 2.31. The highest BCUT2D eigenvalue weighted by molar-refractivity contribution is 6.35. The molecule has 2 amide bonds. The molecule has 2 aromatic rings. The number of rotatable bonds is 5. The van der Waals surface area contributed by atoms with Gasteiger partial charge in [0.25, 0.3) is 0 Å². The molecule has 0 unspecified atom stereocenters. The lowest BCUT2D eigenvalue weighted by Crippen LogP contribution is -2.53. The molecule has 0 N–H and O–H groups in total. The fourth-order valence-electron chi connectivity index (χ4n) is 3.05. The van der Waals surface area contributed by atoms with Gasteiger partial charge in [-0.15, -0.1) is 0 Å². The molecule has 0 radical (unpaired) electrons. The van der Waals surface area contributed by atoms with Gasteiger partial charge in [0.05, 0.1) is 12.1 Å². The zero-order valence-corrected chi connectivity index (χ0v) is 16.7. The molecule has 1 aliphatic heterocycles. The van der Waals surface area contributed by atoms with E-state index in [0.717, 1.165) is 17.7 Å². The van der Waals surface area contributed by atoms with Crippen molar-refractivity contribution < 1.29 is 22.8 Å². The van der Waals surface area contributed by atoms with Gasteiger partial charge < -0.3 is 9.80 Å². The average molecular weight is 445 g/mol. The minimum Gasteiger partial charge on any atom is -0.332 e. The summed E-state index contributed by atoms with van der Waals surface area (Å²) in [5.41, 5.74) is 0.596. The number of hydrogen-bond donors (Lipinski definition) is 0. The van der Waals surface area contributed by atoms with Gasteiger partial charge >= 0.3 is 6.18 Å². The van der Waals surface area contributed by atoms with Gasteiger partial charge in [-0.25, -0.2) is 0 Å². The third-order valence-corrected chi connectivity index (χ3v) is 5.27. The van der Waals surface area contributed by atoms with E-state index in [2.05, 4.69) is 0 Å². The fraction of sp³-hybridized carbons (Fsp3) is 0.300. The molecule has 1 saturated heterocycles. The van der Waals surface area contributed by atoms with Crippen molar-refractivity contribution in [3.05, 3.63) is 69.2 Å². The average Bonchev–Trinajstić information content (AvgIpc) is 2.64. The summed E-state index contributed by atoms with van der Waals surface area (Å²) in [7, 11) is 0. The molecule has 0 aromatic heterocycles. The van der Waals surface area contributed by atoms with Gasteiger partial charge in [0.2, 0.25) is 11.8 Å². The van der Waals surface area contributed by atoms with Crippen molar-refractivity contribution in [1.29, 1.82) is 0 Å². The minimum absolute atomic E-state index is 0.0787. The van der Waals surface area contributed by atoms with E-state index in [1.165, 1.54) is 21.9 Å². The van der Waals surface area contributed by atoms with Gasteiger partial charge in [-0.05, 0) is 41.8 Å². The first-order chi connectivity index (χ1) is 13.6. The van der Waals surface area contributed by atoms with Crippen LogP contribution in [0.25, 0.3) is 0 Å². The molecule has 1 fully saturated rings. The highest BCUT2D eigenvalue weighted by atomic mass is 35.5. The van der Waals surface area contributed by atoms with Crippen LogP contribution in [0.3, 0.4) is 0 Å². The molecule has 4 nitrogen and oxygen atoms in total. The number of carbonyl (C=O) groups excluding carboxylic acids is 2. The van der Waals surface area contributed by atoms with Crippen LogP contribution in [-0.4, -0.2) is 41.2 Å². The lowest BCUT2D eigenvalue weighted by molar-refractivity contribution is -0.150. The summed E-state index contributed by atoms with van der Waals surface area (Å²) in [4.78, 5) is 27.6. The van der Waals surface area contributed by atoms with Crippen LogP contribution < -0.4 is 0 Å². The Balaban J connectivity index is 1.58. The smallest absolute Gasteiger partial charge is 0.332 e. The van der Waals surface area contributed by atoms with Crippen molar-refractivity contribution in [2.75, 3.05) is 19.6 Å². The van der Waals surface area contributed by atoms with E-state index in [1.807, 2.05) is 0 Å². The number of alkyl halides is 3. The Bertz CT molecular complexity index is 917. The molecule has 2 aromatic carbocycles. The largest absolute Gasteiger partial charge is 0.416 e. The molecule has 0 bridgehead atoms. The summed E-state index contributed by atoms with van der Waals surface area (Å²) in [5, 5.41) is 1.01. The van der Waals surface area contributed by atoms with Crippen LogP contribution in [0.15, 0.2) is 42.5 Å². The molecular formula is C20H17Cl2F3N2O2. The van der Waals surface area contributed by atoms with Crippen LogP contribution in [0.5, 0.6) is 0 Å². The zero-order chi connectivity index (χ0) is 21.2. The predicted molar refractivity (Wildman–Crippen MR) is 104 cm³/mol. The van der Waals surface area contributed by atoms with Gasteiger partial charge in [0.1, 0.15) is 6.54 Å². The number of nitrogens with zero attached hydrogens (tertiary/aromatic N) is 2.